The van der Waals surface area contributed by atoms with Crippen LogP contribution in [0.4, 0.5) is 31.8 Å². The largest absolute Gasteiger partial charge is 0.494 e. The van der Waals surface area contributed by atoms with Crippen molar-refractivity contribution in [2.45, 2.75) is 19.8 Å². The van der Waals surface area contributed by atoms with Crippen molar-refractivity contribution in [2.24, 2.45) is 5.92 Å². The van der Waals surface area contributed by atoms with E-state index in [1.54, 1.807) is 18.2 Å². The van der Waals surface area contributed by atoms with Gasteiger partial charge in [-0.3, -0.25) is 4.79 Å². The quantitative estimate of drug-likeness (QED) is 0.191. The predicted octanol–water partition coefficient (Wildman–Crippen LogP) is 6.59. The van der Waals surface area contributed by atoms with Gasteiger partial charge >= 0.3 is 0 Å². The number of pyridine rings is 2. The number of para-hydroxylation sites is 1. The minimum absolute atomic E-state index is 0.244. The number of rotatable bonds is 10. The molecule has 0 aliphatic heterocycles. The number of hydrogen-bond donors (Lipinski definition) is 3. The molecule has 0 unspecified atom stereocenters. The Kier molecular flexibility index (Phi) is 5.65. The van der Waals surface area contributed by atoms with Gasteiger partial charge in [0, 0.05) is 29.6 Å². The molecule has 0 bridgehead atoms. The number of benzene rings is 2. The molecule has 3 N–H and O–H groups in total. The summed E-state index contributed by atoms with van der Waals surface area (Å²) in [5, 5.41) is 10.1. The number of amides is 1. The van der Waals surface area contributed by atoms with Crippen LogP contribution in [0.1, 0.15) is 26.6 Å². The molecule has 0 atom stereocenters. The lowest BCUT2D eigenvalue weighted by atomic mass is 10.1. The first-order valence-electron chi connectivity index (χ1n) is 15.4. The standard InChI is InChI=1S/C30H29F2N5O3/c1-5-25(38)35-20-8-6-7-16(2)29(20)37-24-12-19-18(15-33-24)11-21(36-30(19)34-14-17-9-10-17)26-27(31)22(39-3)13-23(40-4)28(26)32/h5-8,11-13,15,17H,1,9-10,14H2,2-4H3,(H,33,37)(H,34,36)(H,35,38)/i3D3,4D3. The Morgan fingerprint density at radius 2 is 1.93 bits per heavy atom. The van der Waals surface area contributed by atoms with E-state index in [9.17, 15) is 4.79 Å². The van der Waals surface area contributed by atoms with Gasteiger partial charge in [0.15, 0.2) is 23.1 Å². The first-order valence-corrected chi connectivity index (χ1v) is 12.4. The topological polar surface area (TPSA) is 97.4 Å². The van der Waals surface area contributed by atoms with Crippen LogP contribution in [0.2, 0.25) is 0 Å². The number of hydrogen-bond acceptors (Lipinski definition) is 7. The van der Waals surface area contributed by atoms with Crippen LogP contribution >= 0.6 is 0 Å². The molecule has 1 aliphatic carbocycles. The lowest BCUT2D eigenvalue weighted by Crippen LogP contribution is -2.10. The number of anilines is 4. The van der Waals surface area contributed by atoms with E-state index < -0.39 is 48.7 Å². The molecule has 2 aromatic carbocycles. The molecular weight excluding hydrogens is 516 g/mol. The third kappa shape index (κ3) is 5.38. The molecule has 4 aromatic rings. The second-order valence-corrected chi connectivity index (χ2v) is 9.37. The van der Waals surface area contributed by atoms with E-state index in [0.29, 0.717) is 46.5 Å². The Labute approximate surface area is 238 Å². The van der Waals surface area contributed by atoms with Gasteiger partial charge in [-0.15, -0.1) is 0 Å². The van der Waals surface area contributed by atoms with Gasteiger partial charge in [0.05, 0.1) is 44.9 Å². The number of aromatic nitrogens is 2. The second-order valence-electron chi connectivity index (χ2n) is 9.37. The van der Waals surface area contributed by atoms with E-state index in [1.807, 2.05) is 13.0 Å². The Balaban J connectivity index is 1.64. The molecule has 0 saturated heterocycles. The fraction of sp³-hybridized carbons (Fsp3) is 0.233. The van der Waals surface area contributed by atoms with E-state index in [4.69, 9.17) is 17.7 Å². The van der Waals surface area contributed by atoms with Crippen molar-refractivity contribution in [2.75, 3.05) is 36.6 Å². The zero-order chi connectivity index (χ0) is 33.4. The highest BCUT2D eigenvalue weighted by atomic mass is 19.1. The minimum Gasteiger partial charge on any atom is -0.494 e. The van der Waals surface area contributed by atoms with Gasteiger partial charge in [0.2, 0.25) is 5.91 Å². The second kappa shape index (κ2) is 11.2. The number of carbonyl (C=O) groups excluding carboxylic acids is 1. The van der Waals surface area contributed by atoms with Gasteiger partial charge in [-0.1, -0.05) is 18.7 Å². The number of nitrogens with one attached hydrogen (secondary N) is 3. The van der Waals surface area contributed by atoms with Crippen LogP contribution in [0.5, 0.6) is 11.5 Å². The third-order valence-electron chi connectivity index (χ3n) is 6.55. The maximum atomic E-state index is 15.8. The average molecular weight is 552 g/mol. The number of halogens is 2. The van der Waals surface area contributed by atoms with Crippen molar-refractivity contribution in [1.82, 2.24) is 9.97 Å². The van der Waals surface area contributed by atoms with Crippen molar-refractivity contribution in [3.05, 3.63) is 72.4 Å². The Hall–Kier alpha value is -4.73. The van der Waals surface area contributed by atoms with Crippen LogP contribution in [0.3, 0.4) is 0 Å². The highest BCUT2D eigenvalue weighted by molar-refractivity contribution is 6.02. The van der Waals surface area contributed by atoms with Gasteiger partial charge in [-0.05, 0) is 55.5 Å². The number of aryl methyl sites for hydroxylation is 1. The van der Waals surface area contributed by atoms with Gasteiger partial charge in [0.25, 0.3) is 0 Å². The summed E-state index contributed by atoms with van der Waals surface area (Å²) in [6.07, 6.45) is 4.60. The molecule has 10 heteroatoms. The highest BCUT2D eigenvalue weighted by Crippen LogP contribution is 2.40. The molecular formula is C30H29F2N5O3. The van der Waals surface area contributed by atoms with Crippen LogP contribution in [0, 0.1) is 24.5 Å². The van der Waals surface area contributed by atoms with Gasteiger partial charge in [0.1, 0.15) is 11.6 Å². The Bertz CT molecular complexity index is 1790. The van der Waals surface area contributed by atoms with Crippen molar-refractivity contribution >= 4 is 39.7 Å². The van der Waals surface area contributed by atoms with E-state index in [2.05, 4.69) is 32.5 Å². The zero-order valence-corrected chi connectivity index (χ0v) is 21.4. The highest BCUT2D eigenvalue weighted by Gasteiger charge is 2.25. The van der Waals surface area contributed by atoms with Gasteiger partial charge < -0.3 is 25.4 Å². The molecule has 8 nitrogen and oxygen atoms in total. The van der Waals surface area contributed by atoms with Crippen LogP contribution in [-0.4, -0.2) is 36.5 Å². The number of carbonyl (C=O) groups is 1. The number of methoxy groups -OCH3 is 2. The number of ether oxygens (including phenoxy) is 2. The predicted molar refractivity (Wildman–Crippen MR) is 152 cm³/mol. The van der Waals surface area contributed by atoms with Crippen molar-refractivity contribution in [3.8, 4) is 22.8 Å². The number of fused-ring (bicyclic) bond motifs is 1. The smallest absolute Gasteiger partial charge is 0.247 e. The summed E-state index contributed by atoms with van der Waals surface area (Å²) in [6, 6.07) is 8.89. The Morgan fingerprint density at radius 1 is 1.18 bits per heavy atom. The molecule has 2 aromatic heterocycles. The van der Waals surface area contributed by atoms with Gasteiger partial charge in [-0.2, -0.15) is 0 Å². The summed E-state index contributed by atoms with van der Waals surface area (Å²) in [5.41, 5.74) is 0.751. The fourth-order valence-corrected chi connectivity index (χ4v) is 4.25. The number of nitrogens with zero attached hydrogens (tertiary/aromatic N) is 2. The van der Waals surface area contributed by atoms with E-state index in [0.717, 1.165) is 24.5 Å². The maximum absolute atomic E-state index is 15.8. The lowest BCUT2D eigenvalue weighted by molar-refractivity contribution is -0.111. The molecule has 0 radical (unpaired) electrons. The average Bonchev–Trinajstić information content (AvgIpc) is 3.79. The molecule has 1 aliphatic rings. The molecule has 1 amide bonds. The van der Waals surface area contributed by atoms with Crippen molar-refractivity contribution in [3.63, 3.8) is 0 Å². The van der Waals surface area contributed by atoms with Crippen molar-refractivity contribution < 1.29 is 31.3 Å². The molecule has 206 valence electrons. The SMILES string of the molecule is [2H]C([2H])([2H])Oc1cc(OC([2H])([2H])[2H])c(F)c(-c2cc3cnc(Nc4c(C)cccc4NC(=O)C=C)cc3c(NCC3CC3)n2)c1F. The normalized spacial score (nSPS) is 15.5. The first kappa shape index (κ1) is 20.2. The first-order chi connectivity index (χ1) is 21.6. The summed E-state index contributed by atoms with van der Waals surface area (Å²) in [4.78, 5) is 21.0. The molecule has 40 heavy (non-hydrogen) atoms. The van der Waals surface area contributed by atoms with E-state index in [1.165, 1.54) is 12.3 Å². The summed E-state index contributed by atoms with van der Waals surface area (Å²) >= 11 is 0. The monoisotopic (exact) mass is 551 g/mol. The van der Waals surface area contributed by atoms with Crippen LogP contribution < -0.4 is 25.4 Å². The third-order valence-corrected chi connectivity index (χ3v) is 6.55. The summed E-state index contributed by atoms with van der Waals surface area (Å²) in [5.74, 6) is -4.11. The molecule has 1 saturated carbocycles. The molecule has 0 spiro atoms. The fourth-order valence-electron chi connectivity index (χ4n) is 4.25. The van der Waals surface area contributed by atoms with E-state index in [-0.39, 0.29) is 11.5 Å². The van der Waals surface area contributed by atoms with Gasteiger partial charge in [-0.25, -0.2) is 18.7 Å². The lowest BCUT2D eigenvalue weighted by Gasteiger charge is -2.17. The summed E-state index contributed by atoms with van der Waals surface area (Å²) in [7, 11) is -6.28. The Morgan fingerprint density at radius 3 is 2.60 bits per heavy atom. The summed E-state index contributed by atoms with van der Waals surface area (Å²) in [6.45, 7) is 5.85. The molecule has 1 fully saturated rings. The minimum atomic E-state index is -3.14. The zero-order valence-electron chi connectivity index (χ0n) is 27.4. The van der Waals surface area contributed by atoms with Crippen molar-refractivity contribution in [1.29, 1.82) is 0 Å². The van der Waals surface area contributed by atoms with Crippen LogP contribution in [0.25, 0.3) is 22.0 Å². The van der Waals surface area contributed by atoms with E-state index >= 15 is 8.78 Å². The van der Waals surface area contributed by atoms with Crippen LogP contribution in [-0.2, 0) is 4.79 Å². The molecule has 2 heterocycles. The molecule has 5 rings (SSSR count). The van der Waals surface area contributed by atoms with Crippen LogP contribution in [0.15, 0.2) is 55.3 Å². The maximum Gasteiger partial charge on any atom is 0.247 e. The summed E-state index contributed by atoms with van der Waals surface area (Å²) < 4.78 is 85.4.